The topological polar surface area (TPSA) is 77.6 Å². The molecule has 7 heteroatoms. The van der Waals surface area contributed by atoms with Crippen LogP contribution in [-0.2, 0) is 9.59 Å². The summed E-state index contributed by atoms with van der Waals surface area (Å²) in [4.78, 5) is 27.1. The van der Waals surface area contributed by atoms with Crippen LogP contribution in [0.5, 0.6) is 0 Å². The summed E-state index contributed by atoms with van der Waals surface area (Å²) in [6.07, 6.45) is 4.48. The number of quaternary nitrogens is 1. The number of carbonyl (C=O) groups is 2. The molecule has 0 aliphatic heterocycles. The van der Waals surface area contributed by atoms with Gasteiger partial charge in [0.05, 0.1) is 23.8 Å². The molecular weight excluding hydrogens is 352 g/mol. The minimum absolute atomic E-state index is 0.114. The molecule has 1 atom stereocenters. The van der Waals surface area contributed by atoms with Crippen molar-refractivity contribution in [1.82, 2.24) is 4.90 Å². The highest BCUT2D eigenvalue weighted by atomic mass is 35.5. The van der Waals surface area contributed by atoms with Crippen molar-refractivity contribution in [1.29, 1.82) is 5.26 Å². The predicted molar refractivity (Wildman–Crippen MR) is 101 cm³/mol. The third-order valence-electron chi connectivity index (χ3n) is 4.97. The molecule has 6 nitrogen and oxygen atoms in total. The van der Waals surface area contributed by atoms with Crippen molar-refractivity contribution < 1.29 is 14.5 Å². The van der Waals surface area contributed by atoms with E-state index in [1.807, 2.05) is 0 Å². The van der Waals surface area contributed by atoms with E-state index in [2.05, 4.69) is 11.4 Å². The van der Waals surface area contributed by atoms with Gasteiger partial charge in [0, 0.05) is 7.05 Å². The second kappa shape index (κ2) is 9.02. The molecule has 1 aromatic rings. The first kappa shape index (κ1) is 20.2. The van der Waals surface area contributed by atoms with Crippen molar-refractivity contribution in [3.8, 4) is 6.07 Å². The normalized spacial score (nSPS) is 17.0. The van der Waals surface area contributed by atoms with Crippen LogP contribution in [0.1, 0.15) is 32.1 Å². The summed E-state index contributed by atoms with van der Waals surface area (Å²) in [5, 5.41) is 12.8. The number of benzene rings is 1. The number of carbonyl (C=O) groups excluding carboxylic acids is 2. The van der Waals surface area contributed by atoms with Crippen molar-refractivity contribution in [2.24, 2.45) is 0 Å². The van der Waals surface area contributed by atoms with Crippen molar-refractivity contribution in [3.05, 3.63) is 29.3 Å². The number of amides is 2. The Kier molecular flexibility index (Phi) is 7.01. The minimum atomic E-state index is -0.699. The highest BCUT2D eigenvalue weighted by Crippen LogP contribution is 2.32. The maximum absolute atomic E-state index is 12.6. The van der Waals surface area contributed by atoms with E-state index in [-0.39, 0.29) is 24.9 Å². The van der Waals surface area contributed by atoms with Crippen LogP contribution in [0.25, 0.3) is 0 Å². The maximum Gasteiger partial charge on any atom is 0.279 e. The van der Waals surface area contributed by atoms with E-state index in [9.17, 15) is 14.9 Å². The summed E-state index contributed by atoms with van der Waals surface area (Å²) in [6.45, 7) is 0.306. The largest absolute Gasteiger partial charge is 0.322 e. The van der Waals surface area contributed by atoms with E-state index in [1.54, 1.807) is 43.3 Å². The van der Waals surface area contributed by atoms with Gasteiger partial charge >= 0.3 is 0 Å². The van der Waals surface area contributed by atoms with Gasteiger partial charge in [-0.25, -0.2) is 0 Å². The zero-order valence-electron chi connectivity index (χ0n) is 15.3. The molecule has 0 spiro atoms. The molecule has 1 aliphatic rings. The molecule has 1 fully saturated rings. The number of halogens is 1. The third-order valence-corrected chi connectivity index (χ3v) is 5.30. The molecule has 0 heterocycles. The first-order chi connectivity index (χ1) is 12.4. The van der Waals surface area contributed by atoms with Gasteiger partial charge in [-0.3, -0.25) is 9.59 Å². The molecule has 1 saturated carbocycles. The van der Waals surface area contributed by atoms with Crippen molar-refractivity contribution >= 4 is 29.1 Å². The molecular formula is C19H26ClN4O2+. The van der Waals surface area contributed by atoms with Gasteiger partial charge in [0.2, 0.25) is 0 Å². The Bertz CT molecular complexity index is 695. The number of rotatable bonds is 6. The minimum Gasteiger partial charge on any atom is -0.322 e. The molecule has 2 rings (SSSR count). The lowest BCUT2D eigenvalue weighted by atomic mass is 9.81. The fraction of sp³-hybridized carbons (Fsp3) is 0.526. The fourth-order valence-electron chi connectivity index (χ4n) is 3.37. The summed E-state index contributed by atoms with van der Waals surface area (Å²) < 4.78 is 0. The van der Waals surface area contributed by atoms with Crippen LogP contribution in [0.3, 0.4) is 0 Å². The Balaban J connectivity index is 1.89. The zero-order valence-corrected chi connectivity index (χ0v) is 16.1. The molecule has 2 N–H and O–H groups in total. The zero-order chi connectivity index (χ0) is 19.2. The molecule has 0 radical (unpaired) electrons. The van der Waals surface area contributed by atoms with Crippen LogP contribution < -0.4 is 10.2 Å². The molecule has 1 aliphatic carbocycles. The van der Waals surface area contributed by atoms with Crippen LogP contribution >= 0.6 is 11.6 Å². The fourth-order valence-corrected chi connectivity index (χ4v) is 3.55. The Morgan fingerprint density at radius 1 is 1.27 bits per heavy atom. The van der Waals surface area contributed by atoms with E-state index in [0.717, 1.165) is 37.0 Å². The summed E-state index contributed by atoms with van der Waals surface area (Å²) in [6, 6.07) is 9.37. The second-order valence-electron chi connectivity index (χ2n) is 7.00. The number of anilines is 1. The lowest BCUT2D eigenvalue weighted by molar-refractivity contribution is -0.862. The van der Waals surface area contributed by atoms with Crippen LogP contribution in [0.4, 0.5) is 5.69 Å². The number of nitriles is 1. The first-order valence-corrected chi connectivity index (χ1v) is 9.29. The number of hydrogen-bond donors (Lipinski definition) is 2. The molecule has 26 heavy (non-hydrogen) atoms. The lowest BCUT2D eigenvalue weighted by Gasteiger charge is -2.39. The van der Waals surface area contributed by atoms with Gasteiger partial charge in [0.1, 0.15) is 5.54 Å². The molecule has 0 bridgehead atoms. The van der Waals surface area contributed by atoms with Crippen LogP contribution in [-0.4, -0.2) is 49.4 Å². The average Bonchev–Trinajstić information content (AvgIpc) is 2.63. The van der Waals surface area contributed by atoms with E-state index in [1.165, 1.54) is 0 Å². The summed E-state index contributed by atoms with van der Waals surface area (Å²) in [5.74, 6) is -0.324. The molecule has 0 saturated heterocycles. The van der Waals surface area contributed by atoms with Crippen molar-refractivity contribution in [2.75, 3.05) is 32.5 Å². The Hall–Kier alpha value is -2.10. The monoisotopic (exact) mass is 377 g/mol. The number of nitrogens with one attached hydrogen (secondary N) is 2. The highest BCUT2D eigenvalue weighted by Gasteiger charge is 2.39. The van der Waals surface area contributed by atoms with Crippen molar-refractivity contribution in [3.63, 3.8) is 0 Å². The van der Waals surface area contributed by atoms with Gasteiger partial charge in [0.25, 0.3) is 11.8 Å². The van der Waals surface area contributed by atoms with E-state index >= 15 is 0 Å². The van der Waals surface area contributed by atoms with E-state index in [4.69, 9.17) is 11.6 Å². The molecule has 0 aromatic heterocycles. The maximum atomic E-state index is 12.6. The van der Waals surface area contributed by atoms with Gasteiger partial charge in [-0.05, 0) is 25.0 Å². The van der Waals surface area contributed by atoms with E-state index in [0.29, 0.717) is 10.7 Å². The van der Waals surface area contributed by atoms with Gasteiger partial charge in [-0.1, -0.05) is 43.0 Å². The number of nitrogens with zero attached hydrogens (tertiary/aromatic N) is 2. The quantitative estimate of drug-likeness (QED) is 0.788. The van der Waals surface area contributed by atoms with Crippen LogP contribution in [0.2, 0.25) is 5.02 Å². The van der Waals surface area contributed by atoms with Gasteiger partial charge < -0.3 is 15.1 Å². The average molecular weight is 378 g/mol. The lowest BCUT2D eigenvalue weighted by Crippen LogP contribution is -3.11. The Labute approximate surface area is 159 Å². The molecule has 1 aromatic carbocycles. The predicted octanol–water partition coefficient (Wildman–Crippen LogP) is 1.48. The standard InChI is InChI=1S/C19H25ClN4O2/c1-23(12-17(25)22-16-9-5-4-8-15(16)20)13-18(26)24(2)19(14-21)10-6-3-7-11-19/h4-5,8-9H,3,6-7,10-13H2,1-2H3,(H,22,25)/p+1. The van der Waals surface area contributed by atoms with E-state index < -0.39 is 5.54 Å². The van der Waals surface area contributed by atoms with Gasteiger partial charge in [-0.2, -0.15) is 5.26 Å². The van der Waals surface area contributed by atoms with Crippen LogP contribution in [0.15, 0.2) is 24.3 Å². The Morgan fingerprint density at radius 3 is 2.54 bits per heavy atom. The third kappa shape index (κ3) is 4.96. The van der Waals surface area contributed by atoms with Crippen molar-refractivity contribution in [2.45, 2.75) is 37.6 Å². The SMILES string of the molecule is CN(C(=O)C[NH+](C)CC(=O)Nc1ccccc1Cl)C1(C#N)CCCCC1. The molecule has 140 valence electrons. The smallest absolute Gasteiger partial charge is 0.279 e. The number of likely N-dealkylation sites (N-methyl/N-ethyl adjacent to an activating group) is 2. The number of hydrogen-bond acceptors (Lipinski definition) is 3. The first-order valence-electron chi connectivity index (χ1n) is 8.91. The van der Waals surface area contributed by atoms with Gasteiger partial charge in [0.15, 0.2) is 13.1 Å². The van der Waals surface area contributed by atoms with Gasteiger partial charge in [-0.15, -0.1) is 0 Å². The summed E-state index contributed by atoms with van der Waals surface area (Å²) in [5.41, 5.74) is -0.142. The van der Waals surface area contributed by atoms with Crippen LogP contribution in [0, 0.1) is 11.3 Å². The Morgan fingerprint density at radius 2 is 1.92 bits per heavy atom. The summed E-state index contributed by atoms with van der Waals surface area (Å²) in [7, 11) is 3.49. The highest BCUT2D eigenvalue weighted by molar-refractivity contribution is 6.33. The summed E-state index contributed by atoms with van der Waals surface area (Å²) >= 11 is 6.04. The molecule has 2 amide bonds. The number of para-hydroxylation sites is 1. The second-order valence-corrected chi connectivity index (χ2v) is 7.40. The molecule has 1 unspecified atom stereocenters.